The van der Waals surface area contributed by atoms with Gasteiger partial charge in [-0.25, -0.2) is 9.97 Å². The van der Waals surface area contributed by atoms with Gasteiger partial charge >= 0.3 is 0 Å². The number of aliphatic hydroxyl groups is 1. The van der Waals surface area contributed by atoms with E-state index in [1.54, 1.807) is 0 Å². The molecule has 1 fully saturated rings. The summed E-state index contributed by atoms with van der Waals surface area (Å²) in [4.78, 5) is 21.7. The van der Waals surface area contributed by atoms with Gasteiger partial charge in [-0.3, -0.25) is 9.20 Å². The van der Waals surface area contributed by atoms with E-state index in [4.69, 9.17) is 0 Å². The van der Waals surface area contributed by atoms with Crippen molar-refractivity contribution < 1.29 is 9.90 Å². The maximum atomic E-state index is 12.4. The van der Waals surface area contributed by atoms with Crippen LogP contribution in [-0.4, -0.2) is 44.1 Å². The van der Waals surface area contributed by atoms with Crippen molar-refractivity contribution in [1.82, 2.24) is 19.7 Å². The number of hydrogen-bond acceptors (Lipinski definition) is 5. The lowest BCUT2D eigenvalue weighted by molar-refractivity contribution is 0.0951. The minimum atomic E-state index is -0.664. The van der Waals surface area contributed by atoms with Crippen molar-refractivity contribution in [1.29, 1.82) is 0 Å². The van der Waals surface area contributed by atoms with Crippen molar-refractivity contribution in [3.05, 3.63) is 47.9 Å². The van der Waals surface area contributed by atoms with Gasteiger partial charge in [0.05, 0.1) is 11.9 Å². The van der Waals surface area contributed by atoms with Crippen molar-refractivity contribution in [3.63, 3.8) is 0 Å². The summed E-state index contributed by atoms with van der Waals surface area (Å²) in [5.74, 6) is 7.07. The molecule has 4 rings (SSSR count). The van der Waals surface area contributed by atoms with Crippen LogP contribution in [-0.2, 0) is 0 Å². The quantitative estimate of drug-likeness (QED) is 0.295. The van der Waals surface area contributed by atoms with E-state index in [9.17, 15) is 9.90 Å². The van der Waals surface area contributed by atoms with Crippen LogP contribution in [0.1, 0.15) is 75.3 Å². The van der Waals surface area contributed by atoms with E-state index in [0.717, 1.165) is 49.9 Å². The molecule has 7 nitrogen and oxygen atoms in total. The Hall–Kier alpha value is -3.37. The minimum absolute atomic E-state index is 0.0309. The van der Waals surface area contributed by atoms with Gasteiger partial charge in [-0.15, -0.1) is 0 Å². The maximum absolute atomic E-state index is 12.4. The predicted octanol–water partition coefficient (Wildman–Crippen LogP) is 4.65. The Balaban J connectivity index is 1.63. The molecule has 1 atom stereocenters. The third-order valence-electron chi connectivity index (χ3n) is 5.97. The van der Waals surface area contributed by atoms with Crippen LogP contribution in [0, 0.1) is 17.8 Å². The topological polar surface area (TPSA) is 91.5 Å². The Kier molecular flexibility index (Phi) is 8.04. The molecule has 184 valence electrons. The molecule has 1 aromatic carbocycles. The van der Waals surface area contributed by atoms with Crippen LogP contribution >= 0.6 is 0 Å². The monoisotopic (exact) mass is 473 g/mol. The van der Waals surface area contributed by atoms with E-state index in [-0.39, 0.29) is 5.91 Å². The average molecular weight is 474 g/mol. The van der Waals surface area contributed by atoms with Gasteiger partial charge in [0.25, 0.3) is 5.91 Å². The van der Waals surface area contributed by atoms with Crippen LogP contribution in [0.2, 0.25) is 0 Å². The largest absolute Gasteiger partial charge is 0.380 e. The predicted molar refractivity (Wildman–Crippen MR) is 139 cm³/mol. The highest BCUT2D eigenvalue weighted by Gasteiger charge is 2.23. The van der Waals surface area contributed by atoms with Gasteiger partial charge in [0.15, 0.2) is 11.5 Å². The van der Waals surface area contributed by atoms with Gasteiger partial charge in [-0.2, -0.15) is 0 Å². The van der Waals surface area contributed by atoms with E-state index in [1.807, 2.05) is 41.1 Å². The van der Waals surface area contributed by atoms with E-state index >= 15 is 0 Å². The molecular formula is C28H35N5O2. The van der Waals surface area contributed by atoms with Gasteiger partial charge in [0.2, 0.25) is 0 Å². The van der Waals surface area contributed by atoms with Crippen LogP contribution in [0.5, 0.6) is 0 Å². The summed E-state index contributed by atoms with van der Waals surface area (Å²) < 4.78 is 1.97. The van der Waals surface area contributed by atoms with Crippen LogP contribution in [0.25, 0.3) is 16.9 Å². The number of nitrogens with zero attached hydrogens (tertiary/aromatic N) is 3. The van der Waals surface area contributed by atoms with Crippen molar-refractivity contribution in [3.8, 4) is 23.1 Å². The summed E-state index contributed by atoms with van der Waals surface area (Å²) >= 11 is 0. The maximum Gasteiger partial charge on any atom is 0.251 e. The van der Waals surface area contributed by atoms with E-state index in [1.165, 1.54) is 0 Å². The number of nitrogens with one attached hydrogen (secondary N) is 2. The second-order valence-corrected chi connectivity index (χ2v) is 9.69. The summed E-state index contributed by atoms with van der Waals surface area (Å²) in [6.45, 7) is 7.17. The second-order valence-electron chi connectivity index (χ2n) is 9.69. The molecule has 1 amide bonds. The molecule has 2 heterocycles. The molecule has 35 heavy (non-hydrogen) atoms. The summed E-state index contributed by atoms with van der Waals surface area (Å²) in [6.07, 6.45) is 8.96. The van der Waals surface area contributed by atoms with E-state index < -0.39 is 6.10 Å². The molecule has 1 aliphatic rings. The fourth-order valence-corrected chi connectivity index (χ4v) is 3.79. The van der Waals surface area contributed by atoms with Crippen LogP contribution < -0.4 is 10.6 Å². The SMILES string of the molecule is CCCCCC(O)C#Cc1cn2c(-c3ccc(C(=O)NC4CC4)cc3)cnc2c(NCC(C)C)n1. The number of carbonyl (C=O) groups excluding carboxylic acids is 1. The number of anilines is 1. The number of hydrogen-bond donors (Lipinski definition) is 3. The third-order valence-corrected chi connectivity index (χ3v) is 5.97. The zero-order valence-electron chi connectivity index (χ0n) is 20.8. The molecule has 1 saturated carbocycles. The Morgan fingerprint density at radius 2 is 2.00 bits per heavy atom. The highest BCUT2D eigenvalue weighted by atomic mass is 16.3. The first-order valence-corrected chi connectivity index (χ1v) is 12.7. The molecule has 0 spiro atoms. The van der Waals surface area contributed by atoms with Gasteiger partial charge in [-0.1, -0.05) is 51.7 Å². The lowest BCUT2D eigenvalue weighted by Gasteiger charge is -2.11. The molecule has 0 aliphatic heterocycles. The number of unbranched alkanes of at least 4 members (excludes halogenated alkanes) is 2. The highest BCUT2D eigenvalue weighted by Crippen LogP contribution is 2.25. The second kappa shape index (κ2) is 11.4. The smallest absolute Gasteiger partial charge is 0.251 e. The van der Waals surface area contributed by atoms with Crippen molar-refractivity contribution in [2.24, 2.45) is 5.92 Å². The number of amides is 1. The highest BCUT2D eigenvalue weighted by molar-refractivity contribution is 5.95. The Labute approximate surface area is 207 Å². The Bertz CT molecular complexity index is 1220. The molecule has 0 bridgehead atoms. The molecule has 0 saturated heterocycles. The first-order chi connectivity index (χ1) is 16.9. The summed E-state index contributed by atoms with van der Waals surface area (Å²) in [5.41, 5.74) is 3.76. The summed E-state index contributed by atoms with van der Waals surface area (Å²) in [6, 6.07) is 7.90. The molecule has 2 aromatic heterocycles. The summed E-state index contributed by atoms with van der Waals surface area (Å²) in [5, 5.41) is 16.7. The van der Waals surface area contributed by atoms with Gasteiger partial charge in [0.1, 0.15) is 11.8 Å². The number of aromatic nitrogens is 3. The van der Waals surface area contributed by atoms with Crippen LogP contribution in [0.3, 0.4) is 0 Å². The normalized spacial score (nSPS) is 14.0. The fraction of sp³-hybridized carbons (Fsp3) is 0.464. The van der Waals surface area contributed by atoms with Crippen molar-refractivity contribution in [2.75, 3.05) is 11.9 Å². The average Bonchev–Trinajstić information content (AvgIpc) is 3.56. The molecule has 7 heteroatoms. The molecule has 3 N–H and O–H groups in total. The van der Waals surface area contributed by atoms with Crippen LogP contribution in [0.4, 0.5) is 5.82 Å². The summed E-state index contributed by atoms with van der Waals surface area (Å²) in [7, 11) is 0. The van der Waals surface area contributed by atoms with Crippen molar-refractivity contribution in [2.45, 2.75) is 71.4 Å². The number of fused-ring (bicyclic) bond motifs is 1. The number of aliphatic hydroxyl groups excluding tert-OH is 1. The molecule has 3 aromatic rings. The Morgan fingerprint density at radius 3 is 2.69 bits per heavy atom. The number of benzene rings is 1. The molecule has 0 radical (unpaired) electrons. The number of rotatable bonds is 10. The standard InChI is InChI=1S/C28H35N5O2/c1-4-5-6-7-24(34)15-14-23-18-33-25(17-30-27(33)26(31-23)29-16-19(2)3)20-8-10-21(11-9-20)28(35)32-22-12-13-22/h8-11,17-19,22,24,34H,4-7,12-13,16H2,1-3H3,(H,29,31)(H,32,35). The zero-order valence-corrected chi connectivity index (χ0v) is 20.8. The molecule has 1 aliphatic carbocycles. The number of imidazole rings is 1. The number of carbonyl (C=O) groups is 1. The first kappa shape index (κ1) is 24.7. The van der Waals surface area contributed by atoms with Gasteiger partial charge < -0.3 is 15.7 Å². The van der Waals surface area contributed by atoms with E-state index in [0.29, 0.717) is 41.1 Å². The van der Waals surface area contributed by atoms with Crippen molar-refractivity contribution >= 4 is 17.4 Å². The fourth-order valence-electron chi connectivity index (χ4n) is 3.79. The van der Waals surface area contributed by atoms with Crippen LogP contribution in [0.15, 0.2) is 36.7 Å². The molecule has 1 unspecified atom stereocenters. The van der Waals surface area contributed by atoms with Gasteiger partial charge in [0, 0.05) is 29.9 Å². The third kappa shape index (κ3) is 6.61. The van der Waals surface area contributed by atoms with E-state index in [2.05, 4.69) is 53.2 Å². The Morgan fingerprint density at radius 1 is 1.23 bits per heavy atom. The van der Waals surface area contributed by atoms with Gasteiger partial charge in [-0.05, 0) is 49.7 Å². The minimum Gasteiger partial charge on any atom is -0.380 e. The lowest BCUT2D eigenvalue weighted by Crippen LogP contribution is -2.25. The first-order valence-electron chi connectivity index (χ1n) is 12.7. The zero-order chi connectivity index (χ0) is 24.8. The molecular weight excluding hydrogens is 438 g/mol. The lowest BCUT2D eigenvalue weighted by atomic mass is 10.1.